The second kappa shape index (κ2) is 13.8. The molecule has 0 saturated carbocycles. The minimum atomic E-state index is 0.585. The van der Waals surface area contributed by atoms with Crippen LogP contribution in [0.15, 0.2) is 206 Å². The summed E-state index contributed by atoms with van der Waals surface area (Å²) in [5, 5.41) is 12.9. The summed E-state index contributed by atoms with van der Waals surface area (Å²) >= 11 is 0. The summed E-state index contributed by atoms with van der Waals surface area (Å²) in [4.78, 5) is 20.8. The summed E-state index contributed by atoms with van der Waals surface area (Å²) in [5.41, 5.74) is 7.97. The highest BCUT2D eigenvalue weighted by Gasteiger charge is 2.19. The van der Waals surface area contributed by atoms with E-state index in [1.54, 1.807) is 0 Å². The fourth-order valence-corrected chi connectivity index (χ4v) is 8.78. The molecule has 0 aliphatic carbocycles. The van der Waals surface area contributed by atoms with Gasteiger partial charge in [0.2, 0.25) is 0 Å². The third-order valence-corrected chi connectivity index (χ3v) is 11.8. The Kier molecular flexibility index (Phi) is 7.82. The molecule has 60 heavy (non-hydrogen) atoms. The molecule has 0 bridgehead atoms. The van der Waals surface area contributed by atoms with E-state index < -0.39 is 0 Å². The van der Waals surface area contributed by atoms with Crippen LogP contribution in [-0.4, -0.2) is 19.9 Å². The number of fused-ring (bicyclic) bond motifs is 6. The predicted octanol–water partition coefficient (Wildman–Crippen LogP) is 14.5. The number of hydrogen-bond donors (Lipinski definition) is 0. The summed E-state index contributed by atoms with van der Waals surface area (Å²) in [6.07, 6.45) is 1.84. The van der Waals surface area contributed by atoms with Gasteiger partial charge in [0.15, 0.2) is 17.5 Å². The van der Waals surface area contributed by atoms with E-state index in [1.807, 2.05) is 30.5 Å². The number of pyridine rings is 1. The normalized spacial score (nSPS) is 11.7. The topological polar surface area (TPSA) is 51.6 Å². The molecule has 0 unspecified atom stereocenters. The van der Waals surface area contributed by atoms with Crippen molar-refractivity contribution in [2.75, 3.05) is 0 Å². The molecule has 12 aromatic rings. The Hall–Kier alpha value is -8.08. The van der Waals surface area contributed by atoms with Gasteiger partial charge in [0.05, 0.1) is 11.1 Å². The number of benzene rings is 10. The average molecular weight is 763 g/mol. The Morgan fingerprint density at radius 2 is 0.700 bits per heavy atom. The van der Waals surface area contributed by atoms with E-state index >= 15 is 0 Å². The van der Waals surface area contributed by atoms with Gasteiger partial charge in [-0.15, -0.1) is 0 Å². The number of rotatable bonds is 5. The fraction of sp³-hybridized carbons (Fsp3) is 0. The Morgan fingerprint density at radius 3 is 1.32 bits per heavy atom. The van der Waals surface area contributed by atoms with Gasteiger partial charge in [0, 0.05) is 22.7 Å². The van der Waals surface area contributed by atoms with Crippen molar-refractivity contribution in [2.45, 2.75) is 0 Å². The van der Waals surface area contributed by atoms with Gasteiger partial charge in [-0.3, -0.25) is 4.98 Å². The van der Waals surface area contributed by atoms with Crippen molar-refractivity contribution in [1.82, 2.24) is 19.9 Å². The van der Waals surface area contributed by atoms with Gasteiger partial charge in [-0.25, -0.2) is 15.0 Å². The molecule has 0 aliphatic rings. The molecule has 4 heteroatoms. The lowest BCUT2D eigenvalue weighted by atomic mass is 9.92. The molecule has 0 fully saturated rings. The van der Waals surface area contributed by atoms with Crippen LogP contribution < -0.4 is 0 Å². The van der Waals surface area contributed by atoms with E-state index in [4.69, 9.17) is 19.9 Å². The third kappa shape index (κ3) is 5.93. The van der Waals surface area contributed by atoms with Crippen molar-refractivity contribution in [3.8, 4) is 56.4 Å². The molecule has 0 atom stereocenters. The Balaban J connectivity index is 1.11. The maximum atomic E-state index is 5.38. The van der Waals surface area contributed by atoms with E-state index in [0.717, 1.165) is 60.6 Å². The first kappa shape index (κ1) is 34.0. The van der Waals surface area contributed by atoms with Gasteiger partial charge < -0.3 is 0 Å². The highest BCUT2D eigenvalue weighted by molar-refractivity contribution is 6.10. The van der Waals surface area contributed by atoms with Crippen LogP contribution >= 0.6 is 0 Å². The smallest absolute Gasteiger partial charge is 0.166 e. The highest BCUT2D eigenvalue weighted by atomic mass is 15.0. The Labute approximate surface area is 346 Å². The van der Waals surface area contributed by atoms with Crippen molar-refractivity contribution in [2.24, 2.45) is 0 Å². The van der Waals surface area contributed by atoms with Crippen LogP contribution in [-0.2, 0) is 0 Å². The van der Waals surface area contributed by atoms with E-state index in [9.17, 15) is 0 Å². The quantitative estimate of drug-likeness (QED) is 0.164. The lowest BCUT2D eigenvalue weighted by Crippen LogP contribution is -2.02. The van der Waals surface area contributed by atoms with Gasteiger partial charge in [0.1, 0.15) is 0 Å². The molecule has 0 amide bonds. The predicted molar refractivity (Wildman–Crippen MR) is 250 cm³/mol. The third-order valence-electron chi connectivity index (χ3n) is 11.8. The van der Waals surface area contributed by atoms with E-state index in [1.165, 1.54) is 43.1 Å². The van der Waals surface area contributed by atoms with Gasteiger partial charge in [-0.05, 0) is 143 Å². The zero-order valence-corrected chi connectivity index (χ0v) is 32.4. The number of nitrogens with zero attached hydrogens (tertiary/aromatic N) is 4. The second-order valence-electron chi connectivity index (χ2n) is 15.5. The molecule has 278 valence electrons. The number of hydrogen-bond acceptors (Lipinski definition) is 4. The minimum absolute atomic E-state index is 0.585. The SMILES string of the molecule is c1ccc(-c2nc(-c3cc(-c4ccc5cc6ccccc6cc5c4)cc(-c4ccc5cc6ccccc6cc5c4)c3)nc(-c3c4ccccc4cc4cccnc34)n2)cc1. The molecule has 0 aliphatic heterocycles. The van der Waals surface area contributed by atoms with Crippen LogP contribution in [0.1, 0.15) is 0 Å². The molecule has 12 rings (SSSR count). The van der Waals surface area contributed by atoms with E-state index in [2.05, 4.69) is 176 Å². The summed E-state index contributed by atoms with van der Waals surface area (Å²) in [6.45, 7) is 0. The Bertz CT molecular complexity index is 3480. The van der Waals surface area contributed by atoms with Gasteiger partial charge >= 0.3 is 0 Å². The number of aromatic nitrogens is 4. The zero-order chi connectivity index (χ0) is 39.6. The molecule has 0 spiro atoms. The van der Waals surface area contributed by atoms with Crippen LogP contribution in [0.5, 0.6) is 0 Å². The van der Waals surface area contributed by atoms with Crippen molar-refractivity contribution in [1.29, 1.82) is 0 Å². The van der Waals surface area contributed by atoms with Gasteiger partial charge in [0.25, 0.3) is 0 Å². The second-order valence-corrected chi connectivity index (χ2v) is 15.5. The highest BCUT2D eigenvalue weighted by Crippen LogP contribution is 2.39. The molecular weight excluding hydrogens is 729 g/mol. The largest absolute Gasteiger partial charge is 0.255 e. The summed E-state index contributed by atoms with van der Waals surface area (Å²) in [7, 11) is 0. The molecule has 0 saturated heterocycles. The lowest BCUT2D eigenvalue weighted by molar-refractivity contribution is 1.08. The zero-order valence-electron chi connectivity index (χ0n) is 32.4. The maximum absolute atomic E-state index is 5.38. The maximum Gasteiger partial charge on any atom is 0.166 e. The molecule has 2 aromatic heterocycles. The average Bonchev–Trinajstić information content (AvgIpc) is 3.31. The van der Waals surface area contributed by atoms with Crippen molar-refractivity contribution in [3.05, 3.63) is 206 Å². The van der Waals surface area contributed by atoms with Crippen LogP contribution in [0.3, 0.4) is 0 Å². The molecular formula is C56H34N4. The van der Waals surface area contributed by atoms with Crippen molar-refractivity contribution in [3.63, 3.8) is 0 Å². The summed E-state index contributed by atoms with van der Waals surface area (Å²) < 4.78 is 0. The first-order valence-corrected chi connectivity index (χ1v) is 20.3. The minimum Gasteiger partial charge on any atom is -0.255 e. The van der Waals surface area contributed by atoms with Gasteiger partial charge in [-0.2, -0.15) is 0 Å². The first-order chi connectivity index (χ1) is 29.7. The lowest BCUT2D eigenvalue weighted by Gasteiger charge is -2.15. The summed E-state index contributed by atoms with van der Waals surface area (Å²) in [6, 6.07) is 71.4. The van der Waals surface area contributed by atoms with Crippen LogP contribution in [0, 0.1) is 0 Å². The van der Waals surface area contributed by atoms with Crippen LogP contribution in [0.2, 0.25) is 0 Å². The van der Waals surface area contributed by atoms with Crippen LogP contribution in [0.25, 0.3) is 121 Å². The van der Waals surface area contributed by atoms with Crippen LogP contribution in [0.4, 0.5) is 0 Å². The molecule has 10 aromatic carbocycles. The molecule has 4 nitrogen and oxygen atoms in total. The Morgan fingerprint density at radius 1 is 0.250 bits per heavy atom. The molecule has 2 heterocycles. The van der Waals surface area contributed by atoms with E-state index in [0.29, 0.717) is 17.5 Å². The molecule has 0 N–H and O–H groups in total. The van der Waals surface area contributed by atoms with Crippen molar-refractivity contribution >= 4 is 64.8 Å². The first-order valence-electron chi connectivity index (χ1n) is 20.3. The van der Waals surface area contributed by atoms with Gasteiger partial charge in [-0.1, -0.05) is 133 Å². The fourth-order valence-electron chi connectivity index (χ4n) is 8.78. The van der Waals surface area contributed by atoms with E-state index in [-0.39, 0.29) is 0 Å². The molecule has 0 radical (unpaired) electrons. The summed E-state index contributed by atoms with van der Waals surface area (Å²) in [5.74, 6) is 1.79. The van der Waals surface area contributed by atoms with Crippen molar-refractivity contribution < 1.29 is 0 Å². The standard InChI is InChI=1S/C56H34N4/c1-2-11-35(12-3-1)54-58-55(60-56(59-54)52-51-19-9-8-17-44(51)31-45-18-10-24-57-53(45)52)50-33-48(42-22-20-40-25-36-13-4-6-15-38(36)27-46(40)29-42)32-49(34-50)43-23-21-41-26-37-14-5-7-16-39(37)28-47(41)30-43/h1-34H. The monoisotopic (exact) mass is 762 g/mol.